The number of hydrogen-bond donors (Lipinski definition) is 0. The van der Waals surface area contributed by atoms with Gasteiger partial charge >= 0.3 is 0 Å². The molecule has 0 bridgehead atoms. The van der Waals surface area contributed by atoms with Gasteiger partial charge in [0.15, 0.2) is 0 Å². The van der Waals surface area contributed by atoms with E-state index in [4.69, 9.17) is 0 Å². The molecule has 0 amide bonds. The van der Waals surface area contributed by atoms with Crippen LogP contribution in [-0.4, -0.2) is 19.3 Å². The first-order chi connectivity index (χ1) is 10.5. The fraction of sp³-hybridized carbons (Fsp3) is 0.333. The van der Waals surface area contributed by atoms with E-state index >= 15 is 0 Å². The van der Waals surface area contributed by atoms with Crippen LogP contribution in [-0.2, 0) is 10.0 Å². The Bertz CT molecular complexity index is 783. The normalized spacial score (nSPS) is 19.5. The highest BCUT2D eigenvalue weighted by Gasteiger charge is 2.37. The number of hydrogen-bond acceptors (Lipinski definition) is 2. The summed E-state index contributed by atoms with van der Waals surface area (Å²) in [5.41, 5.74) is 3.08. The average molecular weight is 315 g/mol. The maximum absolute atomic E-state index is 13.1. The summed E-state index contributed by atoms with van der Waals surface area (Å²) in [7, 11) is -3.45. The maximum Gasteiger partial charge on any atom is 0.243 e. The van der Waals surface area contributed by atoms with Crippen LogP contribution in [0.25, 0.3) is 0 Å². The molecule has 0 N–H and O–H groups in total. The summed E-state index contributed by atoms with van der Waals surface area (Å²) in [5.74, 6) is 0. The summed E-state index contributed by atoms with van der Waals surface area (Å²) in [5, 5.41) is 0. The zero-order valence-electron chi connectivity index (χ0n) is 13.0. The largest absolute Gasteiger partial charge is 0.243 e. The van der Waals surface area contributed by atoms with Gasteiger partial charge in [0.25, 0.3) is 0 Å². The van der Waals surface area contributed by atoms with Crippen molar-refractivity contribution in [2.75, 3.05) is 6.54 Å². The van der Waals surface area contributed by atoms with Gasteiger partial charge in [-0.15, -0.1) is 0 Å². The Morgan fingerprint density at radius 1 is 0.955 bits per heavy atom. The van der Waals surface area contributed by atoms with E-state index in [-0.39, 0.29) is 6.04 Å². The third-order valence-electron chi connectivity index (χ3n) is 4.43. The minimum atomic E-state index is -3.45. The molecule has 0 unspecified atom stereocenters. The second-order valence-electron chi connectivity index (χ2n) is 5.90. The highest BCUT2D eigenvalue weighted by molar-refractivity contribution is 7.89. The molecule has 1 saturated heterocycles. The molecule has 2 aromatic carbocycles. The molecule has 1 aliphatic rings. The minimum absolute atomic E-state index is 0.0502. The molecule has 3 nitrogen and oxygen atoms in total. The van der Waals surface area contributed by atoms with Gasteiger partial charge in [-0.3, -0.25) is 0 Å². The molecule has 0 aliphatic carbocycles. The zero-order valence-corrected chi connectivity index (χ0v) is 13.8. The lowest BCUT2D eigenvalue weighted by atomic mass is 10.0. The van der Waals surface area contributed by atoms with Gasteiger partial charge in [-0.2, -0.15) is 4.31 Å². The molecule has 4 heteroatoms. The van der Waals surface area contributed by atoms with Crippen molar-refractivity contribution in [3.05, 3.63) is 65.2 Å². The zero-order chi connectivity index (χ0) is 15.7. The lowest BCUT2D eigenvalue weighted by Crippen LogP contribution is -2.31. The predicted octanol–water partition coefficient (Wildman–Crippen LogP) is 3.83. The van der Waals surface area contributed by atoms with Crippen LogP contribution < -0.4 is 0 Å². The van der Waals surface area contributed by atoms with Crippen molar-refractivity contribution >= 4 is 10.0 Å². The van der Waals surface area contributed by atoms with Crippen molar-refractivity contribution < 1.29 is 8.42 Å². The molecule has 116 valence electrons. The Kier molecular flexibility index (Phi) is 4.06. The van der Waals surface area contributed by atoms with Gasteiger partial charge in [0.2, 0.25) is 10.0 Å². The van der Waals surface area contributed by atoms with Gasteiger partial charge in [0.05, 0.1) is 10.9 Å². The molecule has 3 rings (SSSR count). The molecule has 1 heterocycles. The molecule has 22 heavy (non-hydrogen) atoms. The first-order valence-corrected chi connectivity index (χ1v) is 9.09. The second kappa shape index (κ2) is 5.86. The van der Waals surface area contributed by atoms with E-state index in [1.54, 1.807) is 16.4 Å². The molecule has 1 aliphatic heterocycles. The summed E-state index contributed by atoms with van der Waals surface area (Å²) in [4.78, 5) is 0.426. The number of aryl methyl sites for hydroxylation is 2. The van der Waals surface area contributed by atoms with Crippen LogP contribution in [0.3, 0.4) is 0 Å². The molecule has 0 saturated carbocycles. The molecule has 1 fully saturated rings. The van der Waals surface area contributed by atoms with Gasteiger partial charge < -0.3 is 0 Å². The summed E-state index contributed by atoms with van der Waals surface area (Å²) >= 11 is 0. The molecule has 0 spiro atoms. The van der Waals surface area contributed by atoms with Crippen LogP contribution in [0.1, 0.15) is 35.6 Å². The number of nitrogens with zero attached hydrogens (tertiary/aromatic N) is 1. The first kappa shape index (κ1) is 15.3. The smallest absolute Gasteiger partial charge is 0.207 e. The van der Waals surface area contributed by atoms with Crippen molar-refractivity contribution in [1.29, 1.82) is 0 Å². The van der Waals surface area contributed by atoms with Crippen LogP contribution in [0, 0.1) is 13.8 Å². The Morgan fingerprint density at radius 3 is 2.27 bits per heavy atom. The van der Waals surface area contributed by atoms with E-state index in [0.29, 0.717) is 11.4 Å². The SMILES string of the molecule is Cc1ccccc1[C@H]1CCCN1S(=O)(=O)c1ccccc1C. The van der Waals surface area contributed by atoms with Gasteiger partial charge in [-0.1, -0.05) is 42.5 Å². The Morgan fingerprint density at radius 2 is 1.59 bits per heavy atom. The topological polar surface area (TPSA) is 37.4 Å². The van der Waals surface area contributed by atoms with Crippen molar-refractivity contribution in [3.63, 3.8) is 0 Å². The molecule has 2 aromatic rings. The van der Waals surface area contributed by atoms with Gasteiger partial charge in [0.1, 0.15) is 0 Å². The van der Waals surface area contributed by atoms with Crippen LogP contribution in [0.4, 0.5) is 0 Å². The maximum atomic E-state index is 13.1. The third-order valence-corrected chi connectivity index (χ3v) is 6.50. The van der Waals surface area contributed by atoms with Crippen LogP contribution >= 0.6 is 0 Å². The predicted molar refractivity (Wildman–Crippen MR) is 88.2 cm³/mol. The highest BCUT2D eigenvalue weighted by atomic mass is 32.2. The standard InChI is InChI=1S/C18H21NO2S/c1-14-8-3-5-10-16(14)17-11-7-13-19(17)22(20,21)18-12-6-4-9-15(18)2/h3-6,8-10,12,17H,7,11,13H2,1-2H3/t17-/m1/s1. The van der Waals surface area contributed by atoms with E-state index in [9.17, 15) is 8.42 Å². The Labute approximate surface area is 132 Å². The summed E-state index contributed by atoms with van der Waals surface area (Å²) in [6.07, 6.45) is 1.79. The molecular formula is C18H21NO2S. The van der Waals surface area contributed by atoms with Crippen molar-refractivity contribution in [2.24, 2.45) is 0 Å². The van der Waals surface area contributed by atoms with Crippen molar-refractivity contribution in [2.45, 2.75) is 37.6 Å². The minimum Gasteiger partial charge on any atom is -0.207 e. The number of benzene rings is 2. The van der Waals surface area contributed by atoms with Crippen LogP contribution in [0.15, 0.2) is 53.4 Å². The van der Waals surface area contributed by atoms with E-state index in [2.05, 4.69) is 0 Å². The van der Waals surface area contributed by atoms with Gasteiger partial charge in [-0.25, -0.2) is 8.42 Å². The van der Waals surface area contributed by atoms with E-state index in [1.165, 1.54) is 0 Å². The Balaban J connectivity index is 2.04. The number of sulfonamides is 1. The third kappa shape index (κ3) is 2.57. The van der Waals surface area contributed by atoms with E-state index < -0.39 is 10.0 Å². The van der Waals surface area contributed by atoms with Crippen LogP contribution in [0.5, 0.6) is 0 Å². The molecule has 1 atom stereocenters. The highest BCUT2D eigenvalue weighted by Crippen LogP contribution is 2.38. The van der Waals surface area contributed by atoms with Crippen molar-refractivity contribution in [1.82, 2.24) is 4.31 Å². The fourth-order valence-corrected chi connectivity index (χ4v) is 5.17. The summed E-state index contributed by atoms with van der Waals surface area (Å²) in [6, 6.07) is 15.2. The first-order valence-electron chi connectivity index (χ1n) is 7.65. The molecule has 0 radical (unpaired) electrons. The monoisotopic (exact) mass is 315 g/mol. The lowest BCUT2D eigenvalue weighted by molar-refractivity contribution is 0.395. The van der Waals surface area contributed by atoms with Gasteiger partial charge in [-0.05, 0) is 49.4 Å². The second-order valence-corrected chi connectivity index (χ2v) is 7.75. The molecule has 0 aromatic heterocycles. The molecular weight excluding hydrogens is 294 g/mol. The van der Waals surface area contributed by atoms with Crippen molar-refractivity contribution in [3.8, 4) is 0 Å². The Hall–Kier alpha value is -1.65. The summed E-state index contributed by atoms with van der Waals surface area (Å²) < 4.78 is 27.8. The quantitative estimate of drug-likeness (QED) is 0.863. The lowest BCUT2D eigenvalue weighted by Gasteiger charge is -2.26. The number of rotatable bonds is 3. The fourth-order valence-electron chi connectivity index (χ4n) is 3.27. The van der Waals surface area contributed by atoms with Crippen LogP contribution in [0.2, 0.25) is 0 Å². The summed E-state index contributed by atoms with van der Waals surface area (Å²) in [6.45, 7) is 4.49. The average Bonchev–Trinajstić information content (AvgIpc) is 2.98. The van der Waals surface area contributed by atoms with Gasteiger partial charge in [0, 0.05) is 6.54 Å². The van der Waals surface area contributed by atoms with E-state index in [0.717, 1.165) is 29.5 Å². The van der Waals surface area contributed by atoms with E-state index in [1.807, 2.05) is 50.2 Å².